The number of amides is 1. The maximum Gasteiger partial charge on any atom is 0.408 e. The van der Waals surface area contributed by atoms with Crippen LogP contribution in [0.1, 0.15) is 116 Å². The topological polar surface area (TPSA) is 221 Å². The number of ketones is 2. The standard InChI is InChI=1S/C47H61NO14/c1-9-10-13-22-32(50)60-36(34(27-18-14-11-15-19-27)48-42(55)62-43(3,4)5)41(54)59-29-24-47(57)39(61-40(53)28-20-16-12-17-21-28)37-45(8,30(49)23-31-46(37,56)25-58-31)38(52)35(51)33(26(29)2)44(47,6)7/h11-12,14-21,26,29-31,33-34,36-37,39,49,56-57H,9-10,13,22-25H2,1-8H3,(H,48,55). The zero-order chi connectivity index (χ0) is 45.6. The first-order valence-corrected chi connectivity index (χ1v) is 21.5. The molecule has 0 radical (unpaired) electrons. The SMILES string of the molecule is CCCCCC(=O)OC(C(=O)OC1CC2(O)C(OC(=O)c3ccccc3)C3C4(O)COC4CC(O)C3(C)C(=O)C(=O)C(C1C)C2(C)C)C(NC(=O)OC(C)(C)C)c1ccccc1. The highest BCUT2D eigenvalue weighted by atomic mass is 16.6. The van der Waals surface area contributed by atoms with E-state index in [0.717, 1.165) is 6.42 Å². The number of esters is 3. The summed E-state index contributed by atoms with van der Waals surface area (Å²) in [5.74, 6) is -8.82. The first kappa shape index (κ1) is 46.8. The van der Waals surface area contributed by atoms with Gasteiger partial charge < -0.3 is 44.3 Å². The number of Topliss-reactive ketones (excluding diaryl/α,β-unsaturated/α-hetero) is 2. The van der Waals surface area contributed by atoms with E-state index in [1.54, 1.807) is 90.1 Å². The molecule has 2 aromatic carbocycles. The highest BCUT2D eigenvalue weighted by molar-refractivity contribution is 6.40. The van der Waals surface area contributed by atoms with Crippen LogP contribution in [0.25, 0.3) is 0 Å². The van der Waals surface area contributed by atoms with Crippen LogP contribution in [0.4, 0.5) is 4.79 Å². The minimum Gasteiger partial charge on any atom is -0.459 e. The van der Waals surface area contributed by atoms with Gasteiger partial charge in [-0.2, -0.15) is 0 Å². The normalized spacial score (nSPS) is 33.4. The van der Waals surface area contributed by atoms with Crippen LogP contribution < -0.4 is 5.32 Å². The molecule has 2 aromatic rings. The number of hydrogen-bond acceptors (Lipinski definition) is 14. The van der Waals surface area contributed by atoms with E-state index in [9.17, 15) is 44.1 Å². The monoisotopic (exact) mass is 863 g/mol. The number of fused-ring (bicyclic) bond motifs is 5. The van der Waals surface area contributed by atoms with Crippen LogP contribution >= 0.6 is 0 Å². The summed E-state index contributed by atoms with van der Waals surface area (Å²) >= 11 is 0. The molecule has 6 rings (SSSR count). The second-order valence-electron chi connectivity index (χ2n) is 19.3. The van der Waals surface area contributed by atoms with Crippen molar-refractivity contribution in [2.45, 2.75) is 147 Å². The molecule has 62 heavy (non-hydrogen) atoms. The lowest BCUT2D eigenvalue weighted by Gasteiger charge is -2.67. The number of carbonyl (C=O) groups is 6. The van der Waals surface area contributed by atoms with E-state index < -0.39 is 124 Å². The fraction of sp³-hybridized carbons (Fsp3) is 0.617. The summed E-state index contributed by atoms with van der Waals surface area (Å²) in [4.78, 5) is 85.4. The van der Waals surface area contributed by atoms with Crippen LogP contribution in [0, 0.1) is 28.6 Å². The molecule has 12 atom stereocenters. The predicted molar refractivity (Wildman–Crippen MR) is 221 cm³/mol. The summed E-state index contributed by atoms with van der Waals surface area (Å²) in [6.07, 6.45) is -7.33. The Morgan fingerprint density at radius 2 is 1.56 bits per heavy atom. The number of alkyl carbamates (subject to hydrolysis) is 1. The van der Waals surface area contributed by atoms with E-state index >= 15 is 0 Å². The van der Waals surface area contributed by atoms with Crippen molar-refractivity contribution in [3.8, 4) is 0 Å². The molecular weight excluding hydrogens is 803 g/mol. The van der Waals surface area contributed by atoms with Gasteiger partial charge in [-0.3, -0.25) is 14.4 Å². The molecule has 15 nitrogen and oxygen atoms in total. The van der Waals surface area contributed by atoms with Crippen LogP contribution in [0.3, 0.4) is 0 Å². The number of benzene rings is 2. The summed E-state index contributed by atoms with van der Waals surface area (Å²) in [7, 11) is 0. The summed E-state index contributed by atoms with van der Waals surface area (Å²) in [5.41, 5.74) is -8.48. The molecule has 0 spiro atoms. The summed E-state index contributed by atoms with van der Waals surface area (Å²) < 4.78 is 29.6. The lowest BCUT2D eigenvalue weighted by Crippen LogP contribution is -2.82. The highest BCUT2D eigenvalue weighted by Crippen LogP contribution is 2.63. The quantitative estimate of drug-likeness (QED) is 0.0959. The molecule has 338 valence electrons. The third-order valence-corrected chi connectivity index (χ3v) is 13.8. The Bertz CT molecular complexity index is 2020. The largest absolute Gasteiger partial charge is 0.459 e. The molecule has 1 heterocycles. The molecule has 4 N–H and O–H groups in total. The fourth-order valence-corrected chi connectivity index (χ4v) is 10.3. The molecule has 0 aromatic heterocycles. The van der Waals surface area contributed by atoms with E-state index in [0.29, 0.717) is 18.4 Å². The Balaban J connectivity index is 1.46. The Morgan fingerprint density at radius 1 is 0.935 bits per heavy atom. The highest BCUT2D eigenvalue weighted by Gasteiger charge is 2.77. The second kappa shape index (κ2) is 17.5. The maximum atomic E-state index is 14.8. The Labute approximate surface area is 362 Å². The van der Waals surface area contributed by atoms with E-state index in [2.05, 4.69) is 5.32 Å². The molecule has 2 bridgehead atoms. The van der Waals surface area contributed by atoms with E-state index in [4.69, 9.17) is 23.7 Å². The van der Waals surface area contributed by atoms with Gasteiger partial charge >= 0.3 is 24.0 Å². The van der Waals surface area contributed by atoms with Crippen LogP contribution in [0.15, 0.2) is 60.7 Å². The summed E-state index contributed by atoms with van der Waals surface area (Å²) in [5, 5.41) is 40.3. The van der Waals surface area contributed by atoms with Crippen molar-refractivity contribution in [1.29, 1.82) is 0 Å². The van der Waals surface area contributed by atoms with Crippen LogP contribution in [0.5, 0.6) is 0 Å². The van der Waals surface area contributed by atoms with Crippen molar-refractivity contribution in [3.63, 3.8) is 0 Å². The average molecular weight is 864 g/mol. The van der Waals surface area contributed by atoms with Crippen LogP contribution in [-0.4, -0.2) is 105 Å². The molecule has 1 aliphatic heterocycles. The molecule has 1 amide bonds. The van der Waals surface area contributed by atoms with Gasteiger partial charge in [-0.1, -0.05) is 89.1 Å². The van der Waals surface area contributed by atoms with Gasteiger partial charge in [-0.15, -0.1) is 0 Å². The van der Waals surface area contributed by atoms with Crippen LogP contribution in [-0.2, 0) is 42.9 Å². The van der Waals surface area contributed by atoms with Gasteiger partial charge in [0.2, 0.25) is 17.7 Å². The van der Waals surface area contributed by atoms with Crippen LogP contribution in [0.2, 0.25) is 0 Å². The first-order valence-electron chi connectivity index (χ1n) is 21.5. The van der Waals surface area contributed by atoms with Gasteiger partial charge in [0.1, 0.15) is 35.1 Å². The molecule has 4 aliphatic rings. The average Bonchev–Trinajstić information content (AvgIpc) is 3.21. The maximum absolute atomic E-state index is 14.8. The summed E-state index contributed by atoms with van der Waals surface area (Å²) in [6, 6.07) is 14.8. The predicted octanol–water partition coefficient (Wildman–Crippen LogP) is 4.96. The van der Waals surface area contributed by atoms with E-state index in [1.807, 2.05) is 6.92 Å². The molecule has 12 unspecified atom stereocenters. The number of hydrogen-bond donors (Lipinski definition) is 4. The molecule has 3 aliphatic carbocycles. The lowest BCUT2D eigenvalue weighted by molar-refractivity contribution is -0.348. The van der Waals surface area contributed by atoms with Gasteiger partial charge in [0, 0.05) is 42.4 Å². The summed E-state index contributed by atoms with van der Waals surface area (Å²) in [6.45, 7) is 12.6. The number of nitrogens with one attached hydrogen (secondary N) is 1. The smallest absolute Gasteiger partial charge is 0.408 e. The van der Waals surface area contributed by atoms with Crippen molar-refractivity contribution in [3.05, 3.63) is 71.8 Å². The van der Waals surface area contributed by atoms with Gasteiger partial charge in [0.25, 0.3) is 0 Å². The number of ether oxygens (including phenoxy) is 5. The number of aliphatic hydroxyl groups excluding tert-OH is 1. The number of unbranched alkanes of at least 4 members (excludes halogenated alkanes) is 2. The van der Waals surface area contributed by atoms with Gasteiger partial charge in [0.15, 0.2) is 0 Å². The third-order valence-electron chi connectivity index (χ3n) is 13.8. The lowest BCUT2D eigenvalue weighted by atomic mass is 9.42. The van der Waals surface area contributed by atoms with E-state index in [1.165, 1.54) is 19.1 Å². The van der Waals surface area contributed by atoms with Gasteiger partial charge in [0.05, 0.1) is 29.8 Å². The van der Waals surface area contributed by atoms with Crippen molar-refractivity contribution >= 4 is 35.6 Å². The number of carbonyl (C=O) groups excluding carboxylic acids is 6. The Hall–Kier alpha value is -4.70. The molecule has 1 saturated heterocycles. The zero-order valence-electron chi connectivity index (χ0n) is 36.8. The van der Waals surface area contributed by atoms with E-state index in [-0.39, 0.29) is 25.0 Å². The number of rotatable bonds is 12. The first-order chi connectivity index (χ1) is 29.0. The van der Waals surface area contributed by atoms with Crippen molar-refractivity contribution in [1.82, 2.24) is 5.32 Å². The minimum atomic E-state index is -2.35. The van der Waals surface area contributed by atoms with Gasteiger partial charge in [-0.25, -0.2) is 14.4 Å². The molecule has 15 heteroatoms. The van der Waals surface area contributed by atoms with Crippen molar-refractivity contribution < 1.29 is 67.8 Å². The Morgan fingerprint density at radius 3 is 2.15 bits per heavy atom. The van der Waals surface area contributed by atoms with Crippen molar-refractivity contribution in [2.75, 3.05) is 6.61 Å². The van der Waals surface area contributed by atoms with Gasteiger partial charge in [-0.05, 0) is 51.8 Å². The van der Waals surface area contributed by atoms with Crippen molar-refractivity contribution in [2.24, 2.45) is 28.6 Å². The molecular formula is C47H61NO14. The molecule has 4 fully saturated rings. The fourth-order valence-electron chi connectivity index (χ4n) is 10.3. The third kappa shape index (κ3) is 8.40. The Kier molecular flexibility index (Phi) is 13.2. The molecule has 3 saturated carbocycles. The number of aliphatic hydroxyl groups is 3. The minimum absolute atomic E-state index is 0.0495. The zero-order valence-corrected chi connectivity index (χ0v) is 36.8. The second-order valence-corrected chi connectivity index (χ2v) is 19.3.